The number of thioether (sulfide) groups is 1. The lowest BCUT2D eigenvalue weighted by Crippen LogP contribution is -2.31. The molecule has 1 unspecified atom stereocenters. The van der Waals surface area contributed by atoms with Crippen LogP contribution in [-0.4, -0.2) is 21.7 Å². The molecule has 2 aromatic rings. The molecule has 0 aliphatic carbocycles. The van der Waals surface area contributed by atoms with Gasteiger partial charge in [0.15, 0.2) is 0 Å². The number of allylic oxidation sites excluding steroid dienone is 1. The molecule has 0 radical (unpaired) electrons. The van der Waals surface area contributed by atoms with Crippen molar-refractivity contribution in [3.8, 4) is 6.07 Å². The Morgan fingerprint density at radius 3 is 2.55 bits per heavy atom. The van der Waals surface area contributed by atoms with E-state index in [0.29, 0.717) is 11.3 Å². The molecule has 0 fully saturated rings. The van der Waals surface area contributed by atoms with Crippen molar-refractivity contribution in [3.05, 3.63) is 71.7 Å². The standard InChI is InChI=1S/C25H28N4OS/c1-3-4-5-9-16-31-25-21(17-26)23(19-12-14-27-15-13-19)22(18(2)28-25)24(30)29-20-10-7-6-8-11-20/h6-8,10-15,21,23H,3-5,9,16H2,1-2H3,(H,29,30)/t21?,23-/m0/s1. The van der Waals surface area contributed by atoms with Gasteiger partial charge in [0.2, 0.25) is 0 Å². The maximum absolute atomic E-state index is 13.3. The summed E-state index contributed by atoms with van der Waals surface area (Å²) < 4.78 is 0. The Morgan fingerprint density at radius 2 is 1.87 bits per heavy atom. The number of hydrogen-bond donors (Lipinski definition) is 1. The molecule has 0 bridgehead atoms. The average molecular weight is 433 g/mol. The molecule has 1 N–H and O–H groups in total. The van der Waals surface area contributed by atoms with E-state index in [9.17, 15) is 10.1 Å². The number of carbonyl (C=O) groups is 1. The number of pyridine rings is 1. The topological polar surface area (TPSA) is 78.1 Å². The van der Waals surface area contributed by atoms with Crippen LogP contribution >= 0.6 is 11.8 Å². The fraction of sp³-hybridized carbons (Fsp3) is 0.360. The molecule has 3 rings (SSSR count). The van der Waals surface area contributed by atoms with Crippen molar-refractivity contribution < 1.29 is 4.79 Å². The lowest BCUT2D eigenvalue weighted by atomic mass is 9.79. The third kappa shape index (κ3) is 5.83. The van der Waals surface area contributed by atoms with Crippen LogP contribution in [0.15, 0.2) is 71.1 Å². The minimum Gasteiger partial charge on any atom is -0.322 e. The Morgan fingerprint density at radius 1 is 1.13 bits per heavy atom. The molecular formula is C25H28N4OS. The van der Waals surface area contributed by atoms with Crippen molar-refractivity contribution in [2.24, 2.45) is 10.9 Å². The lowest BCUT2D eigenvalue weighted by molar-refractivity contribution is -0.113. The number of amides is 1. The normalized spacial score (nSPS) is 18.3. The molecule has 2 atom stereocenters. The Kier molecular flexibility index (Phi) is 8.43. The first-order valence-electron chi connectivity index (χ1n) is 10.7. The van der Waals surface area contributed by atoms with Gasteiger partial charge in [-0.2, -0.15) is 5.26 Å². The molecule has 5 nitrogen and oxygen atoms in total. The summed E-state index contributed by atoms with van der Waals surface area (Å²) in [6, 6.07) is 15.6. The molecule has 1 aliphatic heterocycles. The second-order valence-corrected chi connectivity index (χ2v) is 8.66. The van der Waals surface area contributed by atoms with Gasteiger partial charge < -0.3 is 5.32 Å². The number of hydrogen-bond acceptors (Lipinski definition) is 5. The SMILES string of the molecule is CCCCCCSC1=NC(C)=C(C(=O)Nc2ccccc2)[C@@H](c2ccncc2)C1C#N. The van der Waals surface area contributed by atoms with E-state index in [-0.39, 0.29) is 11.8 Å². The second-order valence-electron chi connectivity index (χ2n) is 7.54. The van der Waals surface area contributed by atoms with E-state index >= 15 is 0 Å². The Bertz CT molecular complexity index is 980. The minimum atomic E-state index is -0.501. The van der Waals surface area contributed by atoms with E-state index in [2.05, 4.69) is 23.3 Å². The number of unbranched alkanes of at least 4 members (excludes halogenated alkanes) is 3. The van der Waals surface area contributed by atoms with Crippen molar-refractivity contribution in [2.75, 3.05) is 11.1 Å². The van der Waals surface area contributed by atoms with Crippen molar-refractivity contribution in [3.63, 3.8) is 0 Å². The number of aliphatic imine (C=N–C) groups is 1. The lowest BCUT2D eigenvalue weighted by Gasteiger charge is -2.30. The number of nitrogens with one attached hydrogen (secondary N) is 1. The maximum atomic E-state index is 13.3. The van der Waals surface area contributed by atoms with Crippen LogP contribution in [0.5, 0.6) is 0 Å². The molecule has 0 spiro atoms. The van der Waals surface area contributed by atoms with Gasteiger partial charge in [0, 0.05) is 35.3 Å². The number of nitriles is 1. The summed E-state index contributed by atoms with van der Waals surface area (Å²) >= 11 is 1.65. The Labute approximate surface area is 188 Å². The van der Waals surface area contributed by atoms with Gasteiger partial charge in [0.1, 0.15) is 5.92 Å². The number of nitrogens with zero attached hydrogens (tertiary/aromatic N) is 3. The summed E-state index contributed by atoms with van der Waals surface area (Å²) in [4.78, 5) is 22.1. The zero-order chi connectivity index (χ0) is 22.1. The highest BCUT2D eigenvalue weighted by molar-refractivity contribution is 8.14. The second kappa shape index (κ2) is 11.5. The van der Waals surface area contributed by atoms with Crippen LogP contribution in [0.4, 0.5) is 5.69 Å². The highest BCUT2D eigenvalue weighted by atomic mass is 32.2. The molecule has 0 saturated carbocycles. The Hall–Kier alpha value is -2.91. The van der Waals surface area contributed by atoms with Gasteiger partial charge in [-0.15, -0.1) is 11.8 Å². The van der Waals surface area contributed by atoms with E-state index in [4.69, 9.17) is 4.99 Å². The molecule has 160 valence electrons. The van der Waals surface area contributed by atoms with Crippen LogP contribution in [-0.2, 0) is 4.79 Å². The fourth-order valence-electron chi connectivity index (χ4n) is 3.74. The molecule has 31 heavy (non-hydrogen) atoms. The number of para-hydroxylation sites is 1. The molecule has 1 aromatic heterocycles. The predicted octanol–water partition coefficient (Wildman–Crippen LogP) is 5.94. The quantitative estimate of drug-likeness (QED) is 0.523. The molecule has 1 amide bonds. The first kappa shape index (κ1) is 22.8. The van der Waals surface area contributed by atoms with Gasteiger partial charge in [0.05, 0.1) is 11.1 Å². The van der Waals surface area contributed by atoms with Crippen LogP contribution in [0, 0.1) is 17.2 Å². The van der Waals surface area contributed by atoms with Crippen LogP contribution in [0.2, 0.25) is 0 Å². The van der Waals surface area contributed by atoms with Crippen LogP contribution < -0.4 is 5.32 Å². The highest BCUT2D eigenvalue weighted by Gasteiger charge is 2.38. The zero-order valence-corrected chi connectivity index (χ0v) is 18.9. The van der Waals surface area contributed by atoms with E-state index in [1.54, 1.807) is 24.2 Å². The van der Waals surface area contributed by atoms with Crippen molar-refractivity contribution in [1.82, 2.24) is 4.98 Å². The predicted molar refractivity (Wildman–Crippen MR) is 128 cm³/mol. The monoisotopic (exact) mass is 432 g/mol. The first-order valence-corrected chi connectivity index (χ1v) is 11.7. The summed E-state index contributed by atoms with van der Waals surface area (Å²) in [5.74, 6) is -0.175. The van der Waals surface area contributed by atoms with E-state index in [0.717, 1.165) is 28.5 Å². The third-order valence-electron chi connectivity index (χ3n) is 5.31. The first-order chi connectivity index (χ1) is 15.2. The molecule has 2 heterocycles. The van der Waals surface area contributed by atoms with Crippen LogP contribution in [0.25, 0.3) is 0 Å². The van der Waals surface area contributed by atoms with Crippen molar-refractivity contribution in [2.45, 2.75) is 45.4 Å². The summed E-state index contributed by atoms with van der Waals surface area (Å²) in [5, 5.41) is 13.9. The van der Waals surface area contributed by atoms with Crippen LogP contribution in [0.1, 0.15) is 51.0 Å². The zero-order valence-electron chi connectivity index (χ0n) is 18.0. The molecule has 6 heteroatoms. The maximum Gasteiger partial charge on any atom is 0.254 e. The average Bonchev–Trinajstić information content (AvgIpc) is 2.79. The van der Waals surface area contributed by atoms with E-state index < -0.39 is 5.92 Å². The Balaban J connectivity index is 1.93. The number of benzene rings is 1. The van der Waals surface area contributed by atoms with Gasteiger partial charge in [-0.3, -0.25) is 9.78 Å². The summed E-state index contributed by atoms with van der Waals surface area (Å²) in [7, 11) is 0. The van der Waals surface area contributed by atoms with Gasteiger partial charge in [-0.1, -0.05) is 44.4 Å². The van der Waals surface area contributed by atoms with E-state index in [1.807, 2.05) is 49.4 Å². The molecule has 1 aliphatic rings. The number of anilines is 1. The largest absolute Gasteiger partial charge is 0.322 e. The van der Waals surface area contributed by atoms with Gasteiger partial charge >= 0.3 is 0 Å². The summed E-state index contributed by atoms with van der Waals surface area (Å²) in [6.07, 6.45) is 8.10. The van der Waals surface area contributed by atoms with E-state index in [1.165, 1.54) is 19.3 Å². The van der Waals surface area contributed by atoms with Gasteiger partial charge in [-0.05, 0) is 48.9 Å². The highest BCUT2D eigenvalue weighted by Crippen LogP contribution is 2.41. The molecular weight excluding hydrogens is 404 g/mol. The summed E-state index contributed by atoms with van der Waals surface area (Å²) in [6.45, 7) is 4.05. The molecule has 1 aromatic carbocycles. The van der Waals surface area contributed by atoms with Gasteiger partial charge in [-0.25, -0.2) is 4.99 Å². The van der Waals surface area contributed by atoms with Crippen molar-refractivity contribution in [1.29, 1.82) is 5.26 Å². The number of aromatic nitrogens is 1. The molecule has 0 saturated heterocycles. The smallest absolute Gasteiger partial charge is 0.254 e. The third-order valence-corrected chi connectivity index (χ3v) is 6.44. The van der Waals surface area contributed by atoms with Crippen molar-refractivity contribution >= 4 is 28.4 Å². The number of rotatable bonds is 8. The fourth-order valence-corrected chi connectivity index (χ4v) is 4.87. The van der Waals surface area contributed by atoms with Crippen LogP contribution in [0.3, 0.4) is 0 Å². The summed E-state index contributed by atoms with van der Waals surface area (Å²) in [5.41, 5.74) is 2.82. The minimum absolute atomic E-state index is 0.221. The number of carbonyl (C=O) groups excluding carboxylic acids is 1. The van der Waals surface area contributed by atoms with Gasteiger partial charge in [0.25, 0.3) is 5.91 Å².